The standard InChI is InChI=1S/C16H22N4O2S2/c1-19(2)8-10-23-24-11-9-20-12-15(17-18-20)13-22-16(21)14-6-4-3-5-7-14/h3-7,12H,8-11,13H2,1-2H3. The molecule has 6 nitrogen and oxygen atoms in total. The first-order valence-corrected chi connectivity index (χ1v) is 10.1. The number of rotatable bonds is 10. The van der Waals surface area contributed by atoms with Crippen LogP contribution in [0.5, 0.6) is 0 Å². The highest BCUT2D eigenvalue weighted by atomic mass is 33.1. The van der Waals surface area contributed by atoms with Crippen molar-refractivity contribution >= 4 is 27.6 Å². The van der Waals surface area contributed by atoms with E-state index in [1.54, 1.807) is 28.9 Å². The van der Waals surface area contributed by atoms with Gasteiger partial charge in [-0.3, -0.25) is 4.68 Å². The number of carbonyl (C=O) groups excluding carboxylic acids is 1. The van der Waals surface area contributed by atoms with Gasteiger partial charge in [-0.2, -0.15) is 0 Å². The fraction of sp³-hybridized carbons (Fsp3) is 0.438. The Morgan fingerprint density at radius 1 is 1.21 bits per heavy atom. The second-order valence-electron chi connectivity index (χ2n) is 5.36. The summed E-state index contributed by atoms with van der Waals surface area (Å²) in [7, 11) is 7.85. The van der Waals surface area contributed by atoms with Gasteiger partial charge in [0.2, 0.25) is 0 Å². The third-order valence-corrected chi connectivity index (χ3v) is 5.42. The molecule has 0 aliphatic rings. The number of ether oxygens (including phenoxy) is 1. The topological polar surface area (TPSA) is 60.2 Å². The van der Waals surface area contributed by atoms with E-state index in [1.165, 1.54) is 0 Å². The van der Waals surface area contributed by atoms with Crippen LogP contribution in [0.3, 0.4) is 0 Å². The van der Waals surface area contributed by atoms with Crippen LogP contribution in [0.1, 0.15) is 16.1 Å². The third-order valence-electron chi connectivity index (χ3n) is 3.06. The van der Waals surface area contributed by atoms with E-state index in [2.05, 4.69) is 29.3 Å². The van der Waals surface area contributed by atoms with Crippen molar-refractivity contribution in [3.05, 3.63) is 47.8 Å². The van der Waals surface area contributed by atoms with Crippen LogP contribution < -0.4 is 0 Å². The van der Waals surface area contributed by atoms with Crippen molar-refractivity contribution < 1.29 is 9.53 Å². The van der Waals surface area contributed by atoms with E-state index in [4.69, 9.17) is 4.74 Å². The molecule has 0 amide bonds. The van der Waals surface area contributed by atoms with Crippen LogP contribution in [0, 0.1) is 0 Å². The molecule has 1 heterocycles. The minimum Gasteiger partial charge on any atom is -0.455 e. The minimum absolute atomic E-state index is 0.137. The molecule has 0 aliphatic carbocycles. The Labute approximate surface area is 150 Å². The number of aryl methyl sites for hydroxylation is 1. The Balaban J connectivity index is 1.65. The lowest BCUT2D eigenvalue weighted by Gasteiger charge is -2.07. The van der Waals surface area contributed by atoms with Gasteiger partial charge in [-0.1, -0.05) is 45.0 Å². The first kappa shape index (κ1) is 18.8. The molecule has 0 saturated heterocycles. The molecule has 1 aromatic carbocycles. The van der Waals surface area contributed by atoms with Crippen molar-refractivity contribution in [1.82, 2.24) is 19.9 Å². The monoisotopic (exact) mass is 366 g/mol. The third kappa shape index (κ3) is 6.94. The summed E-state index contributed by atoms with van der Waals surface area (Å²) in [6.45, 7) is 2.01. The molecule has 0 saturated carbocycles. The highest BCUT2D eigenvalue weighted by Gasteiger charge is 2.08. The molecule has 0 bridgehead atoms. The Bertz CT molecular complexity index is 620. The summed E-state index contributed by atoms with van der Waals surface area (Å²) >= 11 is 0. The first-order chi connectivity index (χ1) is 11.6. The van der Waals surface area contributed by atoms with Gasteiger partial charge in [-0.15, -0.1) is 5.10 Å². The van der Waals surface area contributed by atoms with Crippen molar-refractivity contribution in [3.63, 3.8) is 0 Å². The molecule has 0 fully saturated rings. The average Bonchev–Trinajstić information content (AvgIpc) is 3.04. The molecule has 2 rings (SSSR count). The van der Waals surface area contributed by atoms with E-state index < -0.39 is 0 Å². The zero-order valence-electron chi connectivity index (χ0n) is 13.9. The van der Waals surface area contributed by atoms with Gasteiger partial charge in [0.1, 0.15) is 12.3 Å². The Hall–Kier alpha value is -1.51. The van der Waals surface area contributed by atoms with Crippen molar-refractivity contribution in [2.75, 3.05) is 32.1 Å². The maximum Gasteiger partial charge on any atom is 0.338 e. The second-order valence-corrected chi connectivity index (χ2v) is 8.06. The highest BCUT2D eigenvalue weighted by molar-refractivity contribution is 8.76. The molecular weight excluding hydrogens is 344 g/mol. The number of aromatic nitrogens is 3. The lowest BCUT2D eigenvalue weighted by molar-refractivity contribution is 0.0467. The van der Waals surface area contributed by atoms with Gasteiger partial charge in [0, 0.05) is 18.1 Å². The summed E-state index contributed by atoms with van der Waals surface area (Å²) in [5.74, 6) is 1.72. The van der Waals surface area contributed by atoms with Gasteiger partial charge in [0.25, 0.3) is 0 Å². The lowest BCUT2D eigenvalue weighted by Crippen LogP contribution is -2.14. The minimum atomic E-state index is -0.349. The molecule has 130 valence electrons. The number of hydrogen-bond donors (Lipinski definition) is 0. The summed E-state index contributed by atoms with van der Waals surface area (Å²) in [5, 5.41) is 8.09. The van der Waals surface area contributed by atoms with E-state index in [-0.39, 0.29) is 12.6 Å². The number of hydrogen-bond acceptors (Lipinski definition) is 7. The molecule has 0 spiro atoms. The summed E-state index contributed by atoms with van der Waals surface area (Å²) in [4.78, 5) is 14.0. The normalized spacial score (nSPS) is 11.0. The van der Waals surface area contributed by atoms with E-state index in [9.17, 15) is 4.79 Å². The molecular formula is C16H22N4O2S2. The van der Waals surface area contributed by atoms with Crippen LogP contribution in [0.15, 0.2) is 36.5 Å². The van der Waals surface area contributed by atoms with Gasteiger partial charge >= 0.3 is 5.97 Å². The van der Waals surface area contributed by atoms with E-state index in [0.29, 0.717) is 11.3 Å². The molecule has 0 atom stereocenters. The fourth-order valence-electron chi connectivity index (χ4n) is 1.78. The van der Waals surface area contributed by atoms with E-state index >= 15 is 0 Å². The number of benzene rings is 1. The van der Waals surface area contributed by atoms with Gasteiger partial charge in [-0.25, -0.2) is 4.79 Å². The molecule has 0 aliphatic heterocycles. The zero-order chi connectivity index (χ0) is 17.2. The van der Waals surface area contributed by atoms with E-state index in [0.717, 1.165) is 24.6 Å². The van der Waals surface area contributed by atoms with Gasteiger partial charge < -0.3 is 9.64 Å². The van der Waals surface area contributed by atoms with Gasteiger partial charge in [0.05, 0.1) is 18.3 Å². The van der Waals surface area contributed by atoms with Crippen molar-refractivity contribution in [3.8, 4) is 0 Å². The van der Waals surface area contributed by atoms with E-state index in [1.807, 2.05) is 33.9 Å². The Morgan fingerprint density at radius 3 is 2.71 bits per heavy atom. The van der Waals surface area contributed by atoms with Crippen molar-refractivity contribution in [2.45, 2.75) is 13.2 Å². The lowest BCUT2D eigenvalue weighted by atomic mass is 10.2. The Kier molecular flexibility index (Phi) is 8.14. The van der Waals surface area contributed by atoms with Crippen LogP contribution in [0.2, 0.25) is 0 Å². The SMILES string of the molecule is CN(C)CCSSCCn1cc(COC(=O)c2ccccc2)nn1. The fourth-order valence-corrected chi connectivity index (χ4v) is 3.87. The largest absolute Gasteiger partial charge is 0.455 e. The van der Waals surface area contributed by atoms with Gasteiger partial charge in [0.15, 0.2) is 0 Å². The smallest absolute Gasteiger partial charge is 0.338 e. The number of esters is 1. The summed E-state index contributed by atoms with van der Waals surface area (Å²) in [5.41, 5.74) is 1.19. The molecule has 0 unspecified atom stereocenters. The van der Waals surface area contributed by atoms with Crippen LogP contribution in [-0.4, -0.2) is 58.0 Å². The second kappa shape index (κ2) is 10.4. The summed E-state index contributed by atoms with van der Waals surface area (Å²) in [6, 6.07) is 8.93. The van der Waals surface area contributed by atoms with Crippen molar-refractivity contribution in [1.29, 1.82) is 0 Å². The maximum absolute atomic E-state index is 11.9. The highest BCUT2D eigenvalue weighted by Crippen LogP contribution is 2.20. The Morgan fingerprint density at radius 2 is 1.96 bits per heavy atom. The quantitative estimate of drug-likeness (QED) is 0.364. The molecule has 1 aromatic heterocycles. The molecule has 24 heavy (non-hydrogen) atoms. The summed E-state index contributed by atoms with van der Waals surface area (Å²) < 4.78 is 7.02. The predicted octanol–water partition coefficient (Wildman–Crippen LogP) is 2.58. The first-order valence-electron chi connectivity index (χ1n) is 7.65. The molecule has 0 radical (unpaired) electrons. The summed E-state index contributed by atoms with van der Waals surface area (Å²) in [6.07, 6.45) is 1.82. The maximum atomic E-state index is 11.9. The average molecular weight is 367 g/mol. The van der Waals surface area contributed by atoms with Gasteiger partial charge in [-0.05, 0) is 26.2 Å². The van der Waals surface area contributed by atoms with Crippen LogP contribution in [0.25, 0.3) is 0 Å². The van der Waals surface area contributed by atoms with Crippen LogP contribution in [0.4, 0.5) is 0 Å². The molecule has 2 aromatic rings. The zero-order valence-corrected chi connectivity index (χ0v) is 15.6. The molecule has 0 N–H and O–H groups in total. The predicted molar refractivity (Wildman–Crippen MR) is 99.1 cm³/mol. The van der Waals surface area contributed by atoms with Crippen LogP contribution in [-0.2, 0) is 17.9 Å². The number of carbonyl (C=O) groups is 1. The van der Waals surface area contributed by atoms with Crippen molar-refractivity contribution in [2.24, 2.45) is 0 Å². The number of nitrogens with zero attached hydrogens (tertiary/aromatic N) is 4. The molecule has 8 heteroatoms. The van der Waals surface area contributed by atoms with Crippen LogP contribution >= 0.6 is 21.6 Å².